The molecule has 5 N–H and O–H groups in total. The van der Waals surface area contributed by atoms with E-state index in [4.69, 9.17) is 16.2 Å². The standard InChI is InChI=1S/C25H24N6O3.C4H7F.C2H2/c1-13(2)25(33)30-16-8-5-14(6-9-16)21-19(20-22(26)28-12-29-24(20)31(21)3)15-7-10-17(23(27)32)18(11-15)34-4;5-4-2-1-3-4;1-2/h5-12H,1H2,2-4H3,(H2,27,32)(H,30,33)(H2,26,28,29);4H,1-3H2;1-2H. The molecule has 1 aliphatic carbocycles. The van der Waals surface area contributed by atoms with Gasteiger partial charge >= 0.3 is 0 Å². The number of halogens is 1. The van der Waals surface area contributed by atoms with E-state index in [1.165, 1.54) is 13.4 Å². The molecule has 10 heteroatoms. The Morgan fingerprint density at radius 1 is 1.12 bits per heavy atom. The fourth-order valence-electron chi connectivity index (χ4n) is 4.25. The molecule has 0 unspecified atom stereocenters. The van der Waals surface area contributed by atoms with E-state index in [1.807, 2.05) is 35.9 Å². The van der Waals surface area contributed by atoms with E-state index in [0.29, 0.717) is 33.9 Å². The molecule has 1 saturated carbocycles. The lowest BCUT2D eigenvalue weighted by atomic mass is 9.97. The van der Waals surface area contributed by atoms with Gasteiger partial charge in [-0.05, 0) is 61.6 Å². The van der Waals surface area contributed by atoms with E-state index < -0.39 is 12.1 Å². The number of hydrogen-bond acceptors (Lipinski definition) is 6. The number of fused-ring (bicyclic) bond motifs is 1. The van der Waals surface area contributed by atoms with E-state index in [-0.39, 0.29) is 11.5 Å². The zero-order chi connectivity index (χ0) is 30.3. The van der Waals surface area contributed by atoms with Crippen molar-refractivity contribution in [2.24, 2.45) is 12.8 Å². The summed E-state index contributed by atoms with van der Waals surface area (Å²) < 4.78 is 18.9. The maximum Gasteiger partial charge on any atom is 0.252 e. The van der Waals surface area contributed by atoms with Crippen molar-refractivity contribution in [2.75, 3.05) is 18.2 Å². The van der Waals surface area contributed by atoms with E-state index in [2.05, 4.69) is 34.7 Å². The fraction of sp³-hybridized carbons (Fsp3) is 0.226. The highest BCUT2D eigenvalue weighted by atomic mass is 19.1. The number of benzene rings is 2. The molecule has 0 spiro atoms. The van der Waals surface area contributed by atoms with Gasteiger partial charge in [0, 0.05) is 23.9 Å². The summed E-state index contributed by atoms with van der Waals surface area (Å²) >= 11 is 0. The van der Waals surface area contributed by atoms with Crippen molar-refractivity contribution < 1.29 is 18.7 Å². The van der Waals surface area contributed by atoms with Gasteiger partial charge in [-0.25, -0.2) is 14.4 Å². The van der Waals surface area contributed by atoms with Crippen molar-refractivity contribution in [3.05, 3.63) is 66.5 Å². The summed E-state index contributed by atoms with van der Waals surface area (Å²) in [6.07, 6.45) is 11.7. The van der Waals surface area contributed by atoms with Crippen molar-refractivity contribution in [1.82, 2.24) is 14.5 Å². The Bertz CT molecular complexity index is 1600. The Morgan fingerprint density at radius 2 is 1.73 bits per heavy atom. The molecule has 5 rings (SSSR count). The molecule has 212 valence electrons. The molecule has 2 amide bonds. The topological polar surface area (TPSA) is 138 Å². The van der Waals surface area contributed by atoms with Crippen LogP contribution in [0.15, 0.2) is 60.9 Å². The van der Waals surface area contributed by atoms with Gasteiger partial charge in [0.05, 0.1) is 23.8 Å². The number of carbonyl (C=O) groups is 2. The minimum absolute atomic E-state index is 0.247. The maximum atomic E-state index is 12.0. The summed E-state index contributed by atoms with van der Waals surface area (Å²) in [4.78, 5) is 32.4. The molecule has 9 nitrogen and oxygen atoms in total. The summed E-state index contributed by atoms with van der Waals surface area (Å²) in [5.41, 5.74) is 17.0. The molecular formula is C31H33FN6O3. The molecule has 0 bridgehead atoms. The largest absolute Gasteiger partial charge is 0.496 e. The van der Waals surface area contributed by atoms with Crippen molar-refractivity contribution >= 4 is 34.4 Å². The highest BCUT2D eigenvalue weighted by molar-refractivity contribution is 6.08. The SMILES string of the molecule is C#C.C=C(C)C(=O)Nc1ccc(-c2c(-c3ccc(C(N)=O)c(OC)c3)c3c(N)ncnc3n2C)cc1.FC1CCC1. The molecule has 2 heterocycles. The molecule has 2 aromatic carbocycles. The molecule has 0 radical (unpaired) electrons. The Morgan fingerprint density at radius 3 is 2.24 bits per heavy atom. The number of aryl methyl sites for hydroxylation is 1. The van der Waals surface area contributed by atoms with Crippen molar-refractivity contribution in [2.45, 2.75) is 32.4 Å². The van der Waals surface area contributed by atoms with Crippen LogP contribution in [-0.2, 0) is 11.8 Å². The number of amides is 2. The number of carbonyl (C=O) groups excluding carboxylic acids is 2. The van der Waals surface area contributed by atoms with Crippen LogP contribution in [0.1, 0.15) is 36.5 Å². The molecule has 0 atom stereocenters. The second-order valence-electron chi connectivity index (χ2n) is 9.36. The number of alkyl halides is 1. The lowest BCUT2D eigenvalue weighted by Gasteiger charge is -2.14. The molecule has 41 heavy (non-hydrogen) atoms. The van der Waals surface area contributed by atoms with Crippen molar-refractivity contribution in [3.8, 4) is 41.0 Å². The Labute approximate surface area is 238 Å². The van der Waals surface area contributed by atoms with Gasteiger partial charge in [0.1, 0.15) is 29.7 Å². The molecule has 4 aromatic rings. The number of rotatable bonds is 6. The smallest absolute Gasteiger partial charge is 0.252 e. The summed E-state index contributed by atoms with van der Waals surface area (Å²) in [6.45, 7) is 5.31. The number of nitrogens with zero attached hydrogens (tertiary/aromatic N) is 3. The number of nitrogen functional groups attached to an aromatic ring is 1. The number of aromatic nitrogens is 3. The predicted octanol–water partition coefficient (Wildman–Crippen LogP) is 5.26. The van der Waals surface area contributed by atoms with Gasteiger partial charge in [-0.1, -0.05) is 24.8 Å². The number of nitrogens with one attached hydrogen (secondary N) is 1. The minimum atomic E-state index is -0.586. The van der Waals surface area contributed by atoms with E-state index in [1.54, 1.807) is 25.1 Å². The van der Waals surface area contributed by atoms with Crippen LogP contribution in [0.2, 0.25) is 0 Å². The van der Waals surface area contributed by atoms with Gasteiger partial charge in [0.25, 0.3) is 11.8 Å². The predicted molar refractivity (Wildman–Crippen MR) is 161 cm³/mol. The number of anilines is 2. The number of primary amides is 1. The summed E-state index contributed by atoms with van der Waals surface area (Å²) in [7, 11) is 3.37. The number of nitrogens with two attached hydrogens (primary N) is 2. The van der Waals surface area contributed by atoms with Gasteiger partial charge in [-0.2, -0.15) is 0 Å². The third-order valence-electron chi connectivity index (χ3n) is 6.59. The minimum Gasteiger partial charge on any atom is -0.496 e. The monoisotopic (exact) mass is 556 g/mol. The average molecular weight is 557 g/mol. The Hall–Kier alpha value is -5.17. The highest BCUT2D eigenvalue weighted by Crippen LogP contribution is 2.43. The summed E-state index contributed by atoms with van der Waals surface area (Å²) in [5.74, 6) is -0.161. The van der Waals surface area contributed by atoms with Gasteiger partial charge in [-0.15, -0.1) is 12.8 Å². The molecule has 1 aliphatic rings. The molecule has 0 saturated heterocycles. The number of terminal acetylenes is 1. The average Bonchev–Trinajstić information content (AvgIpc) is 3.26. The second kappa shape index (κ2) is 13.3. The van der Waals surface area contributed by atoms with Crippen LogP contribution in [0.25, 0.3) is 33.4 Å². The Kier molecular flexibility index (Phi) is 9.82. The van der Waals surface area contributed by atoms with Crippen LogP contribution >= 0.6 is 0 Å². The van der Waals surface area contributed by atoms with Crippen LogP contribution in [0, 0.1) is 12.8 Å². The third kappa shape index (κ3) is 6.53. The first-order valence-corrected chi connectivity index (χ1v) is 12.7. The number of methoxy groups -OCH3 is 1. The second-order valence-corrected chi connectivity index (χ2v) is 9.36. The first-order valence-electron chi connectivity index (χ1n) is 12.7. The quantitative estimate of drug-likeness (QED) is 0.219. The van der Waals surface area contributed by atoms with Gasteiger partial charge in [0.15, 0.2) is 0 Å². The Balaban J connectivity index is 0.000000586. The number of hydrogen-bond donors (Lipinski definition) is 3. The maximum absolute atomic E-state index is 12.0. The van der Waals surface area contributed by atoms with E-state index in [0.717, 1.165) is 41.6 Å². The fourth-order valence-corrected chi connectivity index (χ4v) is 4.25. The molecule has 1 fully saturated rings. The van der Waals surface area contributed by atoms with Crippen LogP contribution in [0.4, 0.5) is 15.9 Å². The van der Waals surface area contributed by atoms with Crippen molar-refractivity contribution in [1.29, 1.82) is 0 Å². The third-order valence-corrected chi connectivity index (χ3v) is 6.59. The van der Waals surface area contributed by atoms with Gasteiger partial charge in [0.2, 0.25) is 0 Å². The molecular weight excluding hydrogens is 523 g/mol. The van der Waals surface area contributed by atoms with Crippen LogP contribution in [0.3, 0.4) is 0 Å². The van der Waals surface area contributed by atoms with Crippen molar-refractivity contribution in [3.63, 3.8) is 0 Å². The lowest BCUT2D eigenvalue weighted by Crippen LogP contribution is -2.12. The number of ether oxygens (including phenoxy) is 1. The molecule has 0 aliphatic heterocycles. The highest BCUT2D eigenvalue weighted by Gasteiger charge is 2.23. The zero-order valence-electron chi connectivity index (χ0n) is 23.3. The first-order chi connectivity index (χ1) is 19.6. The van der Waals surface area contributed by atoms with Crippen LogP contribution < -0.4 is 21.5 Å². The van der Waals surface area contributed by atoms with E-state index in [9.17, 15) is 14.0 Å². The zero-order valence-corrected chi connectivity index (χ0v) is 23.3. The van der Waals surface area contributed by atoms with Gasteiger partial charge < -0.3 is 26.1 Å². The summed E-state index contributed by atoms with van der Waals surface area (Å²) in [5, 5.41) is 3.48. The first kappa shape index (κ1) is 30.4. The van der Waals surface area contributed by atoms with Gasteiger partial charge in [-0.3, -0.25) is 9.59 Å². The normalized spacial score (nSPS) is 12.1. The van der Waals surface area contributed by atoms with E-state index >= 15 is 0 Å². The molecule has 2 aromatic heterocycles. The lowest BCUT2D eigenvalue weighted by molar-refractivity contribution is -0.112. The van der Waals surface area contributed by atoms with Crippen LogP contribution in [0.5, 0.6) is 5.75 Å². The summed E-state index contributed by atoms with van der Waals surface area (Å²) in [6, 6.07) is 12.6. The van der Waals surface area contributed by atoms with Crippen LogP contribution in [-0.4, -0.2) is 39.6 Å².